The van der Waals surface area contributed by atoms with Gasteiger partial charge in [0.1, 0.15) is 11.8 Å². The van der Waals surface area contributed by atoms with Gasteiger partial charge >= 0.3 is 5.97 Å². The quantitative estimate of drug-likeness (QED) is 0.685. The minimum absolute atomic E-state index is 0.0647. The Hall–Kier alpha value is -1.69. The van der Waals surface area contributed by atoms with Gasteiger partial charge in [0.25, 0.3) is 0 Å². The highest BCUT2D eigenvalue weighted by Crippen LogP contribution is 2.27. The number of hydrogen-bond acceptors (Lipinski definition) is 4. The fraction of sp³-hybridized carbons (Fsp3) is 0.273. The second kappa shape index (κ2) is 6.15. The van der Waals surface area contributed by atoms with Crippen molar-refractivity contribution in [1.29, 1.82) is 0 Å². The minimum Gasteiger partial charge on any atom is -0.507 e. The number of amides is 1. The predicted molar refractivity (Wildman–Crippen MR) is 64.1 cm³/mol. The number of rotatable bonds is 5. The highest BCUT2D eigenvalue weighted by atomic mass is 32.2. The van der Waals surface area contributed by atoms with Crippen LogP contribution in [0.1, 0.15) is 6.92 Å². The Bertz CT molecular complexity index is 422. The average molecular weight is 255 g/mol. The van der Waals surface area contributed by atoms with E-state index < -0.39 is 12.0 Å². The summed E-state index contributed by atoms with van der Waals surface area (Å²) < 4.78 is 0. The van der Waals surface area contributed by atoms with Gasteiger partial charge < -0.3 is 15.5 Å². The van der Waals surface area contributed by atoms with E-state index in [1.807, 2.05) is 0 Å². The standard InChI is InChI=1S/C11H13NO4S/c1-7(11(15)16)12-10(14)6-17-9-5-3-2-4-8(9)13/h2-5,7,13H,6H2,1H3,(H,12,14)(H,15,16)/t7-/m0/s1. The predicted octanol–water partition coefficient (Wildman–Crippen LogP) is 1.07. The summed E-state index contributed by atoms with van der Waals surface area (Å²) in [6.45, 7) is 1.39. The molecule has 0 unspecified atom stereocenters. The van der Waals surface area contributed by atoms with Crippen LogP contribution in [0, 0.1) is 0 Å². The topological polar surface area (TPSA) is 86.6 Å². The molecule has 17 heavy (non-hydrogen) atoms. The fourth-order valence-electron chi connectivity index (χ4n) is 1.07. The third-order valence-electron chi connectivity index (χ3n) is 1.97. The van der Waals surface area contributed by atoms with Crippen LogP contribution in [0.15, 0.2) is 29.2 Å². The van der Waals surface area contributed by atoms with Crippen molar-refractivity contribution in [3.05, 3.63) is 24.3 Å². The van der Waals surface area contributed by atoms with E-state index in [9.17, 15) is 14.7 Å². The Kier molecular flexibility index (Phi) is 4.84. The Morgan fingerprint density at radius 1 is 1.41 bits per heavy atom. The number of phenols is 1. The van der Waals surface area contributed by atoms with Crippen molar-refractivity contribution in [1.82, 2.24) is 5.32 Å². The summed E-state index contributed by atoms with van der Waals surface area (Å²) in [6, 6.07) is 5.74. The van der Waals surface area contributed by atoms with Crippen molar-refractivity contribution >= 4 is 23.6 Å². The van der Waals surface area contributed by atoms with Gasteiger partial charge in [-0.25, -0.2) is 0 Å². The number of benzene rings is 1. The van der Waals surface area contributed by atoms with E-state index in [4.69, 9.17) is 5.11 Å². The second-order valence-electron chi connectivity index (χ2n) is 3.38. The van der Waals surface area contributed by atoms with Crippen LogP contribution >= 0.6 is 11.8 Å². The molecule has 0 radical (unpaired) electrons. The van der Waals surface area contributed by atoms with Crippen LogP contribution in [0.2, 0.25) is 0 Å². The lowest BCUT2D eigenvalue weighted by Gasteiger charge is -2.09. The third-order valence-corrected chi connectivity index (χ3v) is 3.03. The van der Waals surface area contributed by atoms with Crippen molar-refractivity contribution in [3.8, 4) is 5.75 Å². The molecule has 92 valence electrons. The molecule has 3 N–H and O–H groups in total. The number of thioether (sulfide) groups is 1. The molecule has 6 heteroatoms. The molecule has 1 amide bonds. The molecule has 1 aromatic carbocycles. The number of hydrogen-bond donors (Lipinski definition) is 3. The Morgan fingerprint density at radius 3 is 2.65 bits per heavy atom. The van der Waals surface area contributed by atoms with Crippen molar-refractivity contribution in [2.45, 2.75) is 17.9 Å². The van der Waals surface area contributed by atoms with Gasteiger partial charge in [-0.1, -0.05) is 12.1 Å². The van der Waals surface area contributed by atoms with E-state index >= 15 is 0 Å². The van der Waals surface area contributed by atoms with E-state index in [1.54, 1.807) is 18.2 Å². The molecule has 0 spiro atoms. The smallest absolute Gasteiger partial charge is 0.325 e. The maximum Gasteiger partial charge on any atom is 0.325 e. The first-order valence-corrected chi connectivity index (χ1v) is 5.92. The van der Waals surface area contributed by atoms with Crippen LogP contribution in [-0.2, 0) is 9.59 Å². The van der Waals surface area contributed by atoms with E-state index in [1.165, 1.54) is 13.0 Å². The fourth-order valence-corrected chi connectivity index (χ4v) is 1.83. The van der Waals surface area contributed by atoms with Gasteiger partial charge in [0, 0.05) is 4.90 Å². The monoisotopic (exact) mass is 255 g/mol. The van der Waals surface area contributed by atoms with Gasteiger partial charge in [0.05, 0.1) is 5.75 Å². The molecule has 0 heterocycles. The summed E-state index contributed by atoms with van der Waals surface area (Å²) in [5.74, 6) is -1.29. The number of aliphatic carboxylic acids is 1. The molecule has 0 bridgehead atoms. The summed E-state index contributed by atoms with van der Waals surface area (Å²) in [4.78, 5) is 22.5. The molecule has 0 saturated carbocycles. The highest BCUT2D eigenvalue weighted by molar-refractivity contribution is 8.00. The summed E-state index contributed by atoms with van der Waals surface area (Å²) in [7, 11) is 0. The lowest BCUT2D eigenvalue weighted by molar-refractivity contribution is -0.140. The number of aromatic hydroxyl groups is 1. The maximum absolute atomic E-state index is 11.4. The van der Waals surface area contributed by atoms with Crippen LogP contribution in [0.3, 0.4) is 0 Å². The van der Waals surface area contributed by atoms with Crippen molar-refractivity contribution in [2.75, 3.05) is 5.75 Å². The number of carbonyl (C=O) groups is 2. The zero-order valence-electron chi connectivity index (χ0n) is 9.21. The van der Waals surface area contributed by atoms with Crippen LogP contribution in [-0.4, -0.2) is 33.9 Å². The Balaban J connectivity index is 2.44. The SMILES string of the molecule is C[C@H](NC(=O)CSc1ccccc1O)C(=O)O. The van der Waals surface area contributed by atoms with E-state index in [2.05, 4.69) is 5.32 Å². The molecular weight excluding hydrogens is 242 g/mol. The molecule has 1 atom stereocenters. The lowest BCUT2D eigenvalue weighted by Crippen LogP contribution is -2.39. The minimum atomic E-state index is -1.08. The number of carboxylic acid groups (broad SMARTS) is 1. The highest BCUT2D eigenvalue weighted by Gasteiger charge is 2.14. The number of carbonyl (C=O) groups excluding carboxylic acids is 1. The molecular formula is C11H13NO4S. The van der Waals surface area contributed by atoms with Gasteiger partial charge in [-0.2, -0.15) is 0 Å². The molecule has 0 aromatic heterocycles. The molecule has 0 saturated heterocycles. The normalized spacial score (nSPS) is 11.8. The van der Waals surface area contributed by atoms with Gasteiger partial charge in [0.15, 0.2) is 0 Å². The number of para-hydroxylation sites is 1. The first kappa shape index (κ1) is 13.4. The molecule has 0 aliphatic heterocycles. The van der Waals surface area contributed by atoms with Gasteiger partial charge in [-0.05, 0) is 19.1 Å². The number of phenolic OH excluding ortho intramolecular Hbond substituents is 1. The zero-order valence-corrected chi connectivity index (χ0v) is 10.0. The molecule has 0 aliphatic carbocycles. The Morgan fingerprint density at radius 2 is 2.06 bits per heavy atom. The molecule has 0 aliphatic rings. The summed E-state index contributed by atoms with van der Waals surface area (Å²) in [6.07, 6.45) is 0. The van der Waals surface area contributed by atoms with E-state index in [0.29, 0.717) is 4.90 Å². The van der Waals surface area contributed by atoms with E-state index in [-0.39, 0.29) is 17.4 Å². The summed E-state index contributed by atoms with van der Waals surface area (Å²) in [5, 5.41) is 20.4. The van der Waals surface area contributed by atoms with Crippen LogP contribution in [0.5, 0.6) is 5.75 Å². The average Bonchev–Trinajstić information content (AvgIpc) is 2.27. The zero-order chi connectivity index (χ0) is 12.8. The molecule has 5 nitrogen and oxygen atoms in total. The Labute approximate surface area is 103 Å². The van der Waals surface area contributed by atoms with Crippen LogP contribution in [0.25, 0.3) is 0 Å². The van der Waals surface area contributed by atoms with Gasteiger partial charge in [0.2, 0.25) is 5.91 Å². The van der Waals surface area contributed by atoms with Crippen molar-refractivity contribution in [3.63, 3.8) is 0 Å². The second-order valence-corrected chi connectivity index (χ2v) is 4.40. The number of nitrogens with one attached hydrogen (secondary N) is 1. The first-order valence-electron chi connectivity index (χ1n) is 4.93. The van der Waals surface area contributed by atoms with Crippen LogP contribution in [0.4, 0.5) is 0 Å². The van der Waals surface area contributed by atoms with Crippen LogP contribution < -0.4 is 5.32 Å². The largest absolute Gasteiger partial charge is 0.507 e. The lowest BCUT2D eigenvalue weighted by atomic mass is 10.3. The first-order chi connectivity index (χ1) is 8.00. The van der Waals surface area contributed by atoms with E-state index in [0.717, 1.165) is 11.8 Å². The van der Waals surface area contributed by atoms with Crippen molar-refractivity contribution in [2.24, 2.45) is 0 Å². The van der Waals surface area contributed by atoms with Crippen molar-refractivity contribution < 1.29 is 19.8 Å². The third kappa shape index (κ3) is 4.36. The molecule has 1 aromatic rings. The summed E-state index contributed by atoms with van der Waals surface area (Å²) >= 11 is 1.15. The summed E-state index contributed by atoms with van der Waals surface area (Å²) in [5.41, 5.74) is 0. The maximum atomic E-state index is 11.4. The molecule has 0 fully saturated rings. The number of carboxylic acids is 1. The molecule has 1 rings (SSSR count). The van der Waals surface area contributed by atoms with Gasteiger partial charge in [-0.3, -0.25) is 9.59 Å². The van der Waals surface area contributed by atoms with Gasteiger partial charge in [-0.15, -0.1) is 11.8 Å².